The fraction of sp³-hybridized carbons (Fsp3) is 0.190. The third kappa shape index (κ3) is 5.70. The Bertz CT molecular complexity index is 831. The molecule has 0 atom stereocenters. The Kier molecular flexibility index (Phi) is 6.39. The lowest BCUT2D eigenvalue weighted by atomic mass is 10.1. The molecule has 0 radical (unpaired) electrons. The van der Waals surface area contributed by atoms with E-state index < -0.39 is 0 Å². The predicted molar refractivity (Wildman–Crippen MR) is 102 cm³/mol. The molecule has 3 nitrogen and oxygen atoms in total. The standard InChI is InChI=1S/C21H20FNO2S/c22-17-7-9-18(10-8-17)25-19-4-1-3-16(15-19)6-11-21(24)23-13-12-20-5-2-14-26-20/h1-5,7-10,14-15H,6,11-13H2,(H,23,24). The first kappa shape index (κ1) is 18.1. The number of hydrogen-bond acceptors (Lipinski definition) is 3. The maximum absolute atomic E-state index is 12.9. The highest BCUT2D eigenvalue weighted by atomic mass is 32.1. The van der Waals surface area contributed by atoms with Crippen molar-refractivity contribution >= 4 is 17.2 Å². The zero-order chi connectivity index (χ0) is 18.2. The van der Waals surface area contributed by atoms with Crippen molar-refractivity contribution < 1.29 is 13.9 Å². The van der Waals surface area contributed by atoms with Gasteiger partial charge in [0.2, 0.25) is 5.91 Å². The Morgan fingerprint density at radius 2 is 1.85 bits per heavy atom. The van der Waals surface area contributed by atoms with Crippen molar-refractivity contribution in [3.63, 3.8) is 0 Å². The highest BCUT2D eigenvalue weighted by Crippen LogP contribution is 2.23. The second-order valence-electron chi connectivity index (χ2n) is 5.88. The highest BCUT2D eigenvalue weighted by Gasteiger charge is 2.04. The van der Waals surface area contributed by atoms with Gasteiger partial charge in [0.05, 0.1) is 0 Å². The Labute approximate surface area is 156 Å². The number of hydrogen-bond donors (Lipinski definition) is 1. The summed E-state index contributed by atoms with van der Waals surface area (Å²) in [7, 11) is 0. The summed E-state index contributed by atoms with van der Waals surface area (Å²) in [4.78, 5) is 13.3. The van der Waals surface area contributed by atoms with Crippen molar-refractivity contribution in [1.29, 1.82) is 0 Å². The Hall–Kier alpha value is -2.66. The van der Waals surface area contributed by atoms with E-state index in [-0.39, 0.29) is 11.7 Å². The molecule has 26 heavy (non-hydrogen) atoms. The summed E-state index contributed by atoms with van der Waals surface area (Å²) in [6.45, 7) is 0.660. The molecule has 3 rings (SSSR count). The maximum atomic E-state index is 12.9. The summed E-state index contributed by atoms with van der Waals surface area (Å²) in [5.41, 5.74) is 1.03. The largest absolute Gasteiger partial charge is 0.457 e. The Morgan fingerprint density at radius 3 is 2.62 bits per heavy atom. The number of halogens is 1. The molecule has 0 fully saturated rings. The van der Waals surface area contributed by atoms with E-state index in [9.17, 15) is 9.18 Å². The maximum Gasteiger partial charge on any atom is 0.220 e. The van der Waals surface area contributed by atoms with E-state index in [1.807, 2.05) is 35.7 Å². The smallest absolute Gasteiger partial charge is 0.220 e. The number of ether oxygens (including phenoxy) is 1. The first-order valence-corrected chi connectivity index (χ1v) is 9.38. The minimum atomic E-state index is -0.295. The van der Waals surface area contributed by atoms with Crippen LogP contribution in [-0.4, -0.2) is 12.5 Å². The average Bonchev–Trinajstić information content (AvgIpc) is 3.16. The summed E-state index contributed by atoms with van der Waals surface area (Å²) < 4.78 is 18.7. The fourth-order valence-electron chi connectivity index (χ4n) is 2.53. The topological polar surface area (TPSA) is 38.3 Å². The van der Waals surface area contributed by atoms with Crippen LogP contribution in [-0.2, 0) is 17.6 Å². The van der Waals surface area contributed by atoms with Crippen molar-refractivity contribution in [1.82, 2.24) is 5.32 Å². The van der Waals surface area contributed by atoms with Crippen LogP contribution in [0.4, 0.5) is 4.39 Å². The first-order chi connectivity index (χ1) is 12.7. The summed E-state index contributed by atoms with van der Waals surface area (Å²) in [6.07, 6.45) is 1.94. The fourth-order valence-corrected chi connectivity index (χ4v) is 3.24. The van der Waals surface area contributed by atoms with Crippen LogP contribution in [0.1, 0.15) is 16.9 Å². The van der Waals surface area contributed by atoms with Crippen molar-refractivity contribution in [2.75, 3.05) is 6.54 Å². The van der Waals surface area contributed by atoms with Gasteiger partial charge in [0.1, 0.15) is 17.3 Å². The zero-order valence-electron chi connectivity index (χ0n) is 14.3. The molecule has 0 bridgehead atoms. The molecule has 1 N–H and O–H groups in total. The van der Waals surface area contributed by atoms with Crippen molar-refractivity contribution in [2.45, 2.75) is 19.3 Å². The molecule has 3 aromatic rings. The summed E-state index contributed by atoms with van der Waals surface area (Å²) in [5, 5.41) is 4.99. The van der Waals surface area contributed by atoms with Crippen molar-refractivity contribution in [3.05, 3.63) is 82.3 Å². The second kappa shape index (κ2) is 9.15. The molecule has 0 unspecified atom stereocenters. The predicted octanol–water partition coefficient (Wildman–Crippen LogP) is 4.97. The van der Waals surface area contributed by atoms with Gasteiger partial charge in [-0.1, -0.05) is 18.2 Å². The van der Waals surface area contributed by atoms with E-state index in [1.54, 1.807) is 23.5 Å². The summed E-state index contributed by atoms with van der Waals surface area (Å²) in [6, 6.07) is 17.6. The summed E-state index contributed by atoms with van der Waals surface area (Å²) >= 11 is 1.70. The summed E-state index contributed by atoms with van der Waals surface area (Å²) in [5.74, 6) is 1.00. The molecule has 5 heteroatoms. The van der Waals surface area contributed by atoms with Gasteiger partial charge < -0.3 is 10.1 Å². The molecule has 0 aliphatic carbocycles. The monoisotopic (exact) mass is 369 g/mol. The van der Waals surface area contributed by atoms with E-state index in [0.29, 0.717) is 30.9 Å². The Morgan fingerprint density at radius 1 is 1.00 bits per heavy atom. The zero-order valence-corrected chi connectivity index (χ0v) is 15.1. The van der Waals surface area contributed by atoms with Gasteiger partial charge in [0.25, 0.3) is 0 Å². The van der Waals surface area contributed by atoms with Crippen LogP contribution >= 0.6 is 11.3 Å². The van der Waals surface area contributed by atoms with Crippen LogP contribution < -0.4 is 10.1 Å². The van der Waals surface area contributed by atoms with E-state index in [4.69, 9.17) is 4.74 Å². The molecule has 134 valence electrons. The number of thiophene rings is 1. The molecular formula is C21H20FNO2S. The van der Waals surface area contributed by atoms with Gasteiger partial charge >= 0.3 is 0 Å². The number of aryl methyl sites for hydroxylation is 1. The SMILES string of the molecule is O=C(CCc1cccc(Oc2ccc(F)cc2)c1)NCCc1cccs1. The minimum absolute atomic E-state index is 0.0476. The lowest BCUT2D eigenvalue weighted by Gasteiger charge is -2.08. The number of carbonyl (C=O) groups is 1. The van der Waals surface area contributed by atoms with E-state index >= 15 is 0 Å². The van der Waals surface area contributed by atoms with Crippen LogP contribution in [0.15, 0.2) is 66.0 Å². The molecule has 1 aromatic heterocycles. The number of rotatable bonds is 8. The van der Waals surface area contributed by atoms with E-state index in [1.165, 1.54) is 17.0 Å². The van der Waals surface area contributed by atoms with Gasteiger partial charge in [0.15, 0.2) is 0 Å². The van der Waals surface area contributed by atoms with Gasteiger partial charge in [0, 0.05) is 17.8 Å². The molecule has 1 amide bonds. The molecule has 1 heterocycles. The molecule has 0 saturated carbocycles. The van der Waals surface area contributed by atoms with Crippen LogP contribution in [0.25, 0.3) is 0 Å². The molecule has 0 spiro atoms. The number of benzene rings is 2. The van der Waals surface area contributed by atoms with Gasteiger partial charge in [-0.05, 0) is 66.2 Å². The molecule has 0 aliphatic rings. The lowest BCUT2D eigenvalue weighted by molar-refractivity contribution is -0.121. The number of amides is 1. The van der Waals surface area contributed by atoms with E-state index in [2.05, 4.69) is 11.4 Å². The highest BCUT2D eigenvalue weighted by molar-refractivity contribution is 7.09. The van der Waals surface area contributed by atoms with Crippen LogP contribution in [0.5, 0.6) is 11.5 Å². The molecule has 0 saturated heterocycles. The second-order valence-corrected chi connectivity index (χ2v) is 6.91. The normalized spacial score (nSPS) is 10.5. The third-order valence-electron chi connectivity index (χ3n) is 3.86. The van der Waals surface area contributed by atoms with E-state index in [0.717, 1.165) is 12.0 Å². The quantitative estimate of drug-likeness (QED) is 0.609. The number of carbonyl (C=O) groups excluding carboxylic acids is 1. The molecular weight excluding hydrogens is 349 g/mol. The van der Waals surface area contributed by atoms with Crippen LogP contribution in [0.2, 0.25) is 0 Å². The molecule has 0 aliphatic heterocycles. The van der Waals surface area contributed by atoms with Gasteiger partial charge in [-0.15, -0.1) is 11.3 Å². The lowest BCUT2D eigenvalue weighted by Crippen LogP contribution is -2.25. The first-order valence-electron chi connectivity index (χ1n) is 8.50. The number of nitrogens with one attached hydrogen (secondary N) is 1. The van der Waals surface area contributed by atoms with Crippen LogP contribution in [0.3, 0.4) is 0 Å². The molecule has 2 aromatic carbocycles. The van der Waals surface area contributed by atoms with Crippen molar-refractivity contribution in [3.8, 4) is 11.5 Å². The van der Waals surface area contributed by atoms with Gasteiger partial charge in [-0.2, -0.15) is 0 Å². The van der Waals surface area contributed by atoms with Gasteiger partial charge in [-0.3, -0.25) is 4.79 Å². The van der Waals surface area contributed by atoms with Crippen LogP contribution in [0, 0.1) is 5.82 Å². The Balaban J connectivity index is 1.45. The minimum Gasteiger partial charge on any atom is -0.457 e. The average molecular weight is 369 g/mol. The third-order valence-corrected chi connectivity index (χ3v) is 4.80. The van der Waals surface area contributed by atoms with Crippen molar-refractivity contribution in [2.24, 2.45) is 0 Å². The van der Waals surface area contributed by atoms with Gasteiger partial charge in [-0.25, -0.2) is 4.39 Å².